The van der Waals surface area contributed by atoms with Crippen LogP contribution in [0.3, 0.4) is 0 Å². The first-order chi connectivity index (χ1) is 30.5. The number of allylic oxidation sites excluding steroid dienone is 12. The largest absolute Gasteiger partial charge is 0.756 e. The SMILES string of the molecule is CC/C=C\C/C=C\C/C=C\C/C=C\C/C=C\C/C=C\CCCCCCCCC(=O)OC(COC(=O)CCCCCCCCCCCCCCCC)COP(=O)([O-])OCC[N+](C)(C)C. The Bertz CT molecular complexity index is 1300. The van der Waals surface area contributed by atoms with Gasteiger partial charge >= 0.3 is 11.9 Å². The van der Waals surface area contributed by atoms with Crippen LogP contribution in [0.15, 0.2) is 72.9 Å². The zero-order chi connectivity index (χ0) is 46.4. The molecule has 0 N–H and O–H groups in total. The molecule has 0 amide bonds. The molecule has 0 rings (SSSR count). The first-order valence-electron chi connectivity index (χ1n) is 25.1. The van der Waals surface area contributed by atoms with Crippen LogP contribution in [0.1, 0.15) is 200 Å². The average Bonchev–Trinajstić information content (AvgIpc) is 3.24. The first-order valence-corrected chi connectivity index (χ1v) is 26.6. The standard InChI is InChI=1S/C53H94NO8P/c1-6-8-10-12-14-16-18-20-22-23-24-25-26-27-28-29-30-31-32-34-36-38-40-42-44-46-53(56)62-51(50-61-63(57,58)60-48-47-54(3,4)5)49-59-52(55)45-43-41-39-37-35-33-21-19-17-15-13-11-9-7-2/h8,10,14,16,20,22,24-25,27-28,30-31,51H,6-7,9,11-13,15,17-19,21,23,26,29,32-50H2,1-5H3/b10-8-,16-14-,22-20-,25-24-,28-27-,31-30-. The second kappa shape index (κ2) is 44.6. The minimum Gasteiger partial charge on any atom is -0.756 e. The topological polar surface area (TPSA) is 111 Å². The number of nitrogens with zero attached hydrogens (tertiary/aromatic N) is 1. The molecule has 0 aromatic heterocycles. The molecule has 0 saturated heterocycles. The van der Waals surface area contributed by atoms with Crippen molar-refractivity contribution in [2.75, 3.05) is 47.5 Å². The van der Waals surface area contributed by atoms with Gasteiger partial charge in [-0.25, -0.2) is 0 Å². The Morgan fingerprint density at radius 2 is 0.905 bits per heavy atom. The summed E-state index contributed by atoms with van der Waals surface area (Å²) in [7, 11) is 1.15. The molecule has 0 aromatic rings. The van der Waals surface area contributed by atoms with E-state index in [0.29, 0.717) is 17.4 Å². The van der Waals surface area contributed by atoms with Gasteiger partial charge in [0.15, 0.2) is 6.10 Å². The number of carbonyl (C=O) groups excluding carboxylic acids is 2. The van der Waals surface area contributed by atoms with Gasteiger partial charge in [0.05, 0.1) is 27.7 Å². The summed E-state index contributed by atoms with van der Waals surface area (Å²) in [5.41, 5.74) is 0. The second-order valence-electron chi connectivity index (χ2n) is 17.8. The van der Waals surface area contributed by atoms with Gasteiger partial charge in [0.25, 0.3) is 7.82 Å². The Morgan fingerprint density at radius 3 is 1.35 bits per heavy atom. The minimum atomic E-state index is -4.64. The van der Waals surface area contributed by atoms with E-state index in [1.165, 1.54) is 70.6 Å². The van der Waals surface area contributed by atoms with Crippen LogP contribution in [0, 0.1) is 0 Å². The molecular formula is C53H94NO8P. The van der Waals surface area contributed by atoms with Crippen molar-refractivity contribution in [3.05, 3.63) is 72.9 Å². The quantitative estimate of drug-likeness (QED) is 0.0195. The van der Waals surface area contributed by atoms with Gasteiger partial charge in [-0.2, -0.15) is 0 Å². The number of esters is 2. The molecule has 0 aliphatic heterocycles. The molecule has 0 aromatic carbocycles. The Kier molecular flexibility index (Phi) is 42.8. The number of phosphoric ester groups is 1. The number of ether oxygens (including phenoxy) is 2. The van der Waals surface area contributed by atoms with Crippen LogP contribution in [0.5, 0.6) is 0 Å². The molecule has 0 aliphatic rings. The third-order valence-electron chi connectivity index (χ3n) is 10.5. The lowest BCUT2D eigenvalue weighted by Gasteiger charge is -2.28. The Hall–Kier alpha value is -2.55. The number of likely N-dealkylation sites (N-methyl/N-ethyl adjacent to an activating group) is 1. The predicted octanol–water partition coefficient (Wildman–Crippen LogP) is 14.3. The summed E-state index contributed by atoms with van der Waals surface area (Å²) >= 11 is 0. The molecule has 0 bridgehead atoms. The Labute approximate surface area is 387 Å². The van der Waals surface area contributed by atoms with E-state index >= 15 is 0 Å². The van der Waals surface area contributed by atoms with Crippen LogP contribution < -0.4 is 4.89 Å². The fourth-order valence-electron chi connectivity index (χ4n) is 6.60. The number of phosphoric acid groups is 1. The highest BCUT2D eigenvalue weighted by atomic mass is 31.2. The smallest absolute Gasteiger partial charge is 0.306 e. The van der Waals surface area contributed by atoms with Crippen LogP contribution >= 0.6 is 7.82 Å². The number of unbranched alkanes of at least 4 members (excludes halogenated alkanes) is 19. The van der Waals surface area contributed by atoms with E-state index in [9.17, 15) is 19.0 Å². The normalized spacial score (nSPS) is 14.1. The van der Waals surface area contributed by atoms with Gasteiger partial charge in [0.2, 0.25) is 0 Å². The number of quaternary nitrogens is 1. The molecule has 9 nitrogen and oxygen atoms in total. The van der Waals surface area contributed by atoms with E-state index in [1.54, 1.807) is 0 Å². The summed E-state index contributed by atoms with van der Waals surface area (Å²) in [6.45, 7) is 4.10. The van der Waals surface area contributed by atoms with Crippen molar-refractivity contribution in [3.63, 3.8) is 0 Å². The highest BCUT2D eigenvalue weighted by molar-refractivity contribution is 7.45. The van der Waals surface area contributed by atoms with E-state index in [2.05, 4.69) is 86.8 Å². The molecule has 10 heteroatoms. The number of carbonyl (C=O) groups is 2. The molecule has 0 aliphatic carbocycles. The maximum atomic E-state index is 12.7. The summed E-state index contributed by atoms with van der Waals surface area (Å²) < 4.78 is 34.0. The van der Waals surface area contributed by atoms with Crippen LogP contribution in [-0.2, 0) is 32.7 Å². The lowest BCUT2D eigenvalue weighted by atomic mass is 10.0. The van der Waals surface area contributed by atoms with Crippen LogP contribution in [0.2, 0.25) is 0 Å². The maximum absolute atomic E-state index is 12.7. The molecule has 2 atom stereocenters. The van der Waals surface area contributed by atoms with Gasteiger partial charge in [-0.15, -0.1) is 0 Å². The Morgan fingerprint density at radius 1 is 0.508 bits per heavy atom. The van der Waals surface area contributed by atoms with Crippen LogP contribution in [0.25, 0.3) is 0 Å². The lowest BCUT2D eigenvalue weighted by molar-refractivity contribution is -0.870. The average molecular weight is 904 g/mol. The van der Waals surface area contributed by atoms with Crippen molar-refractivity contribution < 1.29 is 42.1 Å². The summed E-state index contributed by atoms with van der Waals surface area (Å²) in [5.74, 6) is -0.851. The van der Waals surface area contributed by atoms with Gasteiger partial charge in [0, 0.05) is 12.8 Å². The van der Waals surface area contributed by atoms with E-state index in [0.717, 1.165) is 96.3 Å². The zero-order valence-electron chi connectivity index (χ0n) is 41.0. The zero-order valence-corrected chi connectivity index (χ0v) is 41.9. The molecular weight excluding hydrogens is 810 g/mol. The maximum Gasteiger partial charge on any atom is 0.306 e. The van der Waals surface area contributed by atoms with E-state index < -0.39 is 26.5 Å². The van der Waals surface area contributed by atoms with Gasteiger partial charge in [-0.3, -0.25) is 14.2 Å². The highest BCUT2D eigenvalue weighted by Crippen LogP contribution is 2.38. The lowest BCUT2D eigenvalue weighted by Crippen LogP contribution is -2.37. The highest BCUT2D eigenvalue weighted by Gasteiger charge is 2.21. The summed E-state index contributed by atoms with van der Waals surface area (Å²) in [6, 6.07) is 0. The molecule has 0 fully saturated rings. The fourth-order valence-corrected chi connectivity index (χ4v) is 7.33. The molecule has 0 spiro atoms. The van der Waals surface area contributed by atoms with E-state index in [1.807, 2.05) is 21.1 Å². The molecule has 364 valence electrons. The van der Waals surface area contributed by atoms with Crippen LogP contribution in [-0.4, -0.2) is 70.0 Å². The minimum absolute atomic E-state index is 0.0363. The fraction of sp³-hybridized carbons (Fsp3) is 0.736. The van der Waals surface area contributed by atoms with Gasteiger partial charge in [-0.1, -0.05) is 196 Å². The van der Waals surface area contributed by atoms with Crippen molar-refractivity contribution in [3.8, 4) is 0 Å². The second-order valence-corrected chi connectivity index (χ2v) is 19.2. The molecule has 0 heterocycles. The van der Waals surface area contributed by atoms with Gasteiger partial charge < -0.3 is 27.9 Å². The molecule has 2 unspecified atom stereocenters. The third kappa shape index (κ3) is 48.7. The summed E-state index contributed by atoms with van der Waals surface area (Å²) in [5, 5.41) is 0. The number of rotatable bonds is 45. The van der Waals surface area contributed by atoms with Crippen molar-refractivity contribution in [1.82, 2.24) is 0 Å². The van der Waals surface area contributed by atoms with Gasteiger partial charge in [0.1, 0.15) is 19.8 Å². The van der Waals surface area contributed by atoms with E-state index in [4.69, 9.17) is 18.5 Å². The number of hydrogen-bond donors (Lipinski definition) is 0. The van der Waals surface area contributed by atoms with Gasteiger partial charge in [-0.05, 0) is 64.2 Å². The summed E-state index contributed by atoms with van der Waals surface area (Å²) in [4.78, 5) is 37.7. The van der Waals surface area contributed by atoms with Crippen molar-refractivity contribution in [2.45, 2.75) is 206 Å². The number of hydrogen-bond acceptors (Lipinski definition) is 8. The first kappa shape index (κ1) is 60.5. The van der Waals surface area contributed by atoms with Crippen molar-refractivity contribution in [1.29, 1.82) is 0 Å². The Balaban J connectivity index is 4.29. The molecule has 63 heavy (non-hydrogen) atoms. The monoisotopic (exact) mass is 904 g/mol. The van der Waals surface area contributed by atoms with Crippen molar-refractivity contribution in [2.24, 2.45) is 0 Å². The summed E-state index contributed by atoms with van der Waals surface area (Å²) in [6.07, 6.45) is 56.4. The molecule has 0 radical (unpaired) electrons. The van der Waals surface area contributed by atoms with Crippen LogP contribution in [0.4, 0.5) is 0 Å². The van der Waals surface area contributed by atoms with Crippen molar-refractivity contribution >= 4 is 19.8 Å². The predicted molar refractivity (Wildman–Crippen MR) is 263 cm³/mol. The van der Waals surface area contributed by atoms with E-state index in [-0.39, 0.29) is 32.0 Å². The third-order valence-corrected chi connectivity index (χ3v) is 11.5. The molecule has 0 saturated carbocycles.